The standard InChI is InChI=1S/C31H27Cl2NO4S2/c32-21-12-10-19(25(33)18-21)14-15-34-26-13-11-20(22-6-3-7-24(30(22)26)31(34)36)17-27(35)23-5-1-2-8-28(23)40(37,38)29-9-4-16-39-29/h3-4,6-7,9-13,16,18,23,28H,1-2,5,8,14-15,17H2. The van der Waals surface area contributed by atoms with E-state index in [4.69, 9.17) is 23.2 Å². The summed E-state index contributed by atoms with van der Waals surface area (Å²) < 4.78 is 27.1. The predicted molar refractivity (Wildman–Crippen MR) is 162 cm³/mol. The largest absolute Gasteiger partial charge is 0.307 e. The summed E-state index contributed by atoms with van der Waals surface area (Å²) in [7, 11) is -3.57. The Balaban J connectivity index is 1.27. The van der Waals surface area contributed by atoms with Crippen molar-refractivity contribution in [3.05, 3.63) is 92.8 Å². The number of carbonyl (C=O) groups is 2. The average Bonchev–Trinajstić information content (AvgIpc) is 3.59. The molecular formula is C31H27Cl2NO4S2. The molecule has 0 radical (unpaired) electrons. The number of thiophene rings is 1. The normalized spacial score (nSPS) is 18.9. The second-order valence-electron chi connectivity index (χ2n) is 10.5. The van der Waals surface area contributed by atoms with Crippen molar-refractivity contribution in [1.82, 2.24) is 0 Å². The number of rotatable bonds is 8. The minimum Gasteiger partial charge on any atom is -0.307 e. The van der Waals surface area contributed by atoms with Crippen LogP contribution in [0.1, 0.15) is 47.2 Å². The van der Waals surface area contributed by atoms with Gasteiger partial charge < -0.3 is 4.90 Å². The number of anilines is 1. The maximum Gasteiger partial charge on any atom is 0.259 e. The van der Waals surface area contributed by atoms with Gasteiger partial charge in [0.15, 0.2) is 9.84 Å². The first-order chi connectivity index (χ1) is 19.3. The summed E-state index contributed by atoms with van der Waals surface area (Å²) >= 11 is 13.6. The van der Waals surface area contributed by atoms with Gasteiger partial charge in [-0.2, -0.15) is 0 Å². The number of hydrogen-bond acceptors (Lipinski definition) is 5. The molecule has 1 aliphatic carbocycles. The lowest BCUT2D eigenvalue weighted by atomic mass is 9.83. The number of amides is 1. The molecule has 1 saturated carbocycles. The van der Waals surface area contributed by atoms with E-state index in [9.17, 15) is 18.0 Å². The van der Waals surface area contributed by atoms with Gasteiger partial charge in [0.1, 0.15) is 9.99 Å². The quantitative estimate of drug-likeness (QED) is 0.206. The number of carbonyl (C=O) groups excluding carboxylic acids is 2. The van der Waals surface area contributed by atoms with Crippen molar-refractivity contribution in [1.29, 1.82) is 0 Å². The predicted octanol–water partition coefficient (Wildman–Crippen LogP) is 7.56. The summed E-state index contributed by atoms with van der Waals surface area (Å²) in [5, 5.41) is 3.89. The number of Topliss-reactive ketones (excluding diaryl/α,β-unsaturated/α-hetero) is 1. The highest BCUT2D eigenvalue weighted by Gasteiger charge is 2.41. The lowest BCUT2D eigenvalue weighted by Gasteiger charge is -2.30. The highest BCUT2D eigenvalue weighted by molar-refractivity contribution is 7.94. The molecule has 3 aromatic carbocycles. The lowest BCUT2D eigenvalue weighted by molar-refractivity contribution is -0.122. The summed E-state index contributed by atoms with van der Waals surface area (Å²) in [5.41, 5.74) is 3.15. The number of ketones is 1. The van der Waals surface area contributed by atoms with Crippen LogP contribution in [0, 0.1) is 5.92 Å². The van der Waals surface area contributed by atoms with Gasteiger partial charge in [-0.3, -0.25) is 9.59 Å². The maximum absolute atomic E-state index is 13.7. The molecular weight excluding hydrogens is 585 g/mol. The van der Waals surface area contributed by atoms with Gasteiger partial charge in [0.2, 0.25) is 0 Å². The third kappa shape index (κ3) is 4.87. The zero-order chi connectivity index (χ0) is 28.0. The van der Waals surface area contributed by atoms with Crippen LogP contribution >= 0.6 is 34.5 Å². The lowest BCUT2D eigenvalue weighted by Crippen LogP contribution is -2.38. The molecule has 0 spiro atoms. The smallest absolute Gasteiger partial charge is 0.259 e. The second-order valence-corrected chi connectivity index (χ2v) is 14.6. The van der Waals surface area contributed by atoms with Crippen LogP contribution in [0.3, 0.4) is 0 Å². The van der Waals surface area contributed by atoms with Gasteiger partial charge in [-0.05, 0) is 71.5 Å². The summed E-state index contributed by atoms with van der Waals surface area (Å²) in [6, 6.07) is 18.1. The van der Waals surface area contributed by atoms with E-state index in [0.717, 1.165) is 40.4 Å². The van der Waals surface area contributed by atoms with E-state index in [2.05, 4.69) is 0 Å². The fourth-order valence-corrected chi connectivity index (χ4v) is 9.96. The van der Waals surface area contributed by atoms with Crippen LogP contribution < -0.4 is 4.90 Å². The topological polar surface area (TPSA) is 71.5 Å². The molecule has 0 N–H and O–H groups in total. The molecule has 6 rings (SSSR count). The average molecular weight is 613 g/mol. The van der Waals surface area contributed by atoms with Crippen LogP contribution in [-0.4, -0.2) is 31.9 Å². The Kier molecular flexibility index (Phi) is 7.51. The van der Waals surface area contributed by atoms with Crippen LogP contribution in [0.4, 0.5) is 5.69 Å². The van der Waals surface area contributed by atoms with Gasteiger partial charge in [0.05, 0.1) is 10.9 Å². The molecule has 1 amide bonds. The zero-order valence-electron chi connectivity index (χ0n) is 21.6. The zero-order valence-corrected chi connectivity index (χ0v) is 24.8. The van der Waals surface area contributed by atoms with E-state index in [1.54, 1.807) is 34.5 Å². The number of hydrogen-bond donors (Lipinski definition) is 0. The Bertz CT molecular complexity index is 1730. The summed E-state index contributed by atoms with van der Waals surface area (Å²) in [6.07, 6.45) is 3.43. The molecule has 1 aliphatic heterocycles. The molecule has 2 atom stereocenters. The van der Waals surface area contributed by atoms with Crippen LogP contribution in [0.5, 0.6) is 0 Å². The van der Waals surface area contributed by atoms with E-state index in [1.807, 2.05) is 36.4 Å². The number of nitrogens with zero attached hydrogens (tertiary/aromatic N) is 1. The third-order valence-corrected chi connectivity index (χ3v) is 12.4. The SMILES string of the molecule is O=C(Cc1ccc2c3c(cccc13)C(=O)N2CCc1ccc(Cl)cc1Cl)C1CCCCC1S(=O)(=O)c1cccs1. The fraction of sp³-hybridized carbons (Fsp3) is 0.290. The minimum absolute atomic E-state index is 0.0518. The Morgan fingerprint density at radius 2 is 1.77 bits per heavy atom. The minimum atomic E-state index is -3.57. The Morgan fingerprint density at radius 1 is 0.975 bits per heavy atom. The first kappa shape index (κ1) is 27.5. The second kappa shape index (κ2) is 10.9. The van der Waals surface area contributed by atoms with Crippen LogP contribution in [0.25, 0.3) is 10.8 Å². The van der Waals surface area contributed by atoms with Crippen molar-refractivity contribution in [3.63, 3.8) is 0 Å². The molecule has 2 heterocycles. The summed E-state index contributed by atoms with van der Waals surface area (Å²) in [6.45, 7) is 0.451. The van der Waals surface area contributed by atoms with Gasteiger partial charge in [0, 0.05) is 39.9 Å². The molecule has 0 saturated heterocycles. The van der Waals surface area contributed by atoms with Crippen molar-refractivity contribution >= 4 is 72.5 Å². The molecule has 0 bridgehead atoms. The Morgan fingerprint density at radius 3 is 2.55 bits per heavy atom. The molecule has 1 fully saturated rings. The molecule has 2 unspecified atom stereocenters. The highest BCUT2D eigenvalue weighted by Crippen LogP contribution is 2.41. The van der Waals surface area contributed by atoms with Crippen molar-refractivity contribution in [2.75, 3.05) is 11.4 Å². The van der Waals surface area contributed by atoms with Crippen molar-refractivity contribution < 1.29 is 18.0 Å². The van der Waals surface area contributed by atoms with Gasteiger partial charge in [-0.1, -0.05) is 66.4 Å². The van der Waals surface area contributed by atoms with Gasteiger partial charge in [-0.25, -0.2) is 8.42 Å². The Labute approximate surface area is 247 Å². The maximum atomic E-state index is 13.7. The molecule has 1 aromatic heterocycles. The van der Waals surface area contributed by atoms with Crippen molar-refractivity contribution in [2.24, 2.45) is 5.92 Å². The molecule has 40 heavy (non-hydrogen) atoms. The van der Waals surface area contributed by atoms with Crippen LogP contribution in [-0.2, 0) is 27.5 Å². The van der Waals surface area contributed by atoms with Gasteiger partial charge >= 0.3 is 0 Å². The first-order valence-electron chi connectivity index (χ1n) is 13.4. The van der Waals surface area contributed by atoms with E-state index in [1.165, 1.54) is 11.3 Å². The van der Waals surface area contributed by atoms with E-state index >= 15 is 0 Å². The van der Waals surface area contributed by atoms with Gasteiger partial charge in [0.25, 0.3) is 5.91 Å². The fourth-order valence-electron chi connectivity index (χ4n) is 6.17. The molecule has 2 aliphatic rings. The molecule has 206 valence electrons. The number of halogens is 2. The monoisotopic (exact) mass is 611 g/mol. The van der Waals surface area contributed by atoms with Crippen molar-refractivity contribution in [2.45, 2.75) is 48.0 Å². The molecule has 9 heteroatoms. The third-order valence-electron chi connectivity index (χ3n) is 8.15. The van der Waals surface area contributed by atoms with Crippen LogP contribution in [0.15, 0.2) is 70.3 Å². The number of benzene rings is 3. The van der Waals surface area contributed by atoms with E-state index < -0.39 is 21.0 Å². The van der Waals surface area contributed by atoms with Crippen LogP contribution in [0.2, 0.25) is 10.0 Å². The highest BCUT2D eigenvalue weighted by atomic mass is 35.5. The van der Waals surface area contributed by atoms with E-state index in [0.29, 0.717) is 45.6 Å². The molecule has 5 nitrogen and oxygen atoms in total. The van der Waals surface area contributed by atoms with Crippen molar-refractivity contribution in [3.8, 4) is 0 Å². The Hall–Kier alpha value is -2.71. The number of sulfone groups is 1. The first-order valence-corrected chi connectivity index (χ1v) is 16.5. The summed E-state index contributed by atoms with van der Waals surface area (Å²) in [5.74, 6) is -0.668. The summed E-state index contributed by atoms with van der Waals surface area (Å²) in [4.78, 5) is 28.9. The molecule has 4 aromatic rings. The van der Waals surface area contributed by atoms with E-state index in [-0.39, 0.29) is 18.1 Å². The van der Waals surface area contributed by atoms with Gasteiger partial charge in [-0.15, -0.1) is 11.3 Å².